The zero-order valence-electron chi connectivity index (χ0n) is 25.3. The number of ether oxygens (including phenoxy) is 1. The number of nitrogens with zero attached hydrogens (tertiary/aromatic N) is 4. The van der Waals surface area contributed by atoms with Gasteiger partial charge < -0.3 is 19.0 Å². The fraction of sp³-hybridized carbons (Fsp3) is 0.382. The average molecular weight is 599 g/mol. The number of likely N-dealkylation sites (N-methyl/N-ethyl adjacent to an activating group) is 1. The molecule has 0 N–H and O–H groups in total. The number of benzene rings is 2. The lowest BCUT2D eigenvalue weighted by molar-refractivity contribution is -0.127. The molecule has 2 aliphatic heterocycles. The van der Waals surface area contributed by atoms with Crippen LogP contribution in [0.5, 0.6) is 5.75 Å². The van der Waals surface area contributed by atoms with Crippen molar-refractivity contribution in [3.8, 4) is 5.75 Å². The smallest absolute Gasteiger partial charge is 0.271 e. The average Bonchev–Trinajstić information content (AvgIpc) is 3.48. The first-order valence-corrected chi connectivity index (χ1v) is 16.0. The predicted octanol–water partition coefficient (Wildman–Crippen LogP) is 5.24. The Hall–Kier alpha value is -4.11. The molecule has 0 bridgehead atoms. The lowest BCUT2D eigenvalue weighted by atomic mass is 9.90. The first-order chi connectivity index (χ1) is 20.9. The standard InChI is InChI=1S/C34H38N4O4S/c1-5-36(6-2)33(40)29-22(3)35-34-38(31(29)30-25-14-10-9-13-23(25)15-17-26(30)41-4)32(39)27(43-34)21-24-16-18-28(42-24)37-19-11-7-8-12-20-37/h9-10,13-18,21,31H,5-8,11-12,19-20H2,1-4H3/b27-21+/t31-/m0/s1. The number of methoxy groups -OCH3 is 1. The van der Waals surface area contributed by atoms with E-state index >= 15 is 0 Å². The predicted molar refractivity (Wildman–Crippen MR) is 172 cm³/mol. The van der Waals surface area contributed by atoms with Gasteiger partial charge in [-0.2, -0.15) is 0 Å². The summed E-state index contributed by atoms with van der Waals surface area (Å²) in [5, 5.41) is 1.93. The minimum Gasteiger partial charge on any atom is -0.496 e. The Kier molecular flexibility index (Phi) is 8.25. The summed E-state index contributed by atoms with van der Waals surface area (Å²) in [7, 11) is 1.62. The number of aromatic nitrogens is 1. The summed E-state index contributed by atoms with van der Waals surface area (Å²) in [5.41, 5.74) is 1.65. The van der Waals surface area contributed by atoms with Gasteiger partial charge in [0.25, 0.3) is 11.5 Å². The maximum atomic E-state index is 14.3. The summed E-state index contributed by atoms with van der Waals surface area (Å²) in [4.78, 5) is 37.9. The second kappa shape index (κ2) is 12.2. The second-order valence-corrected chi connectivity index (χ2v) is 12.0. The van der Waals surface area contributed by atoms with Gasteiger partial charge in [-0.25, -0.2) is 4.99 Å². The lowest BCUT2D eigenvalue weighted by Crippen LogP contribution is -2.43. The van der Waals surface area contributed by atoms with Gasteiger partial charge in [0, 0.05) is 43.9 Å². The van der Waals surface area contributed by atoms with Crippen molar-refractivity contribution in [3.05, 3.63) is 90.8 Å². The summed E-state index contributed by atoms with van der Waals surface area (Å²) in [6, 6.07) is 15.1. The Balaban J connectivity index is 1.55. The topological polar surface area (TPSA) is 80.3 Å². The van der Waals surface area contributed by atoms with Crippen molar-refractivity contribution in [2.75, 3.05) is 38.2 Å². The molecule has 2 aliphatic rings. The molecule has 0 aliphatic carbocycles. The summed E-state index contributed by atoms with van der Waals surface area (Å²) in [6.45, 7) is 8.84. The van der Waals surface area contributed by atoms with E-state index in [1.165, 1.54) is 24.2 Å². The molecule has 4 aromatic rings. The molecule has 1 saturated heterocycles. The van der Waals surface area contributed by atoms with Crippen molar-refractivity contribution >= 4 is 40.0 Å². The van der Waals surface area contributed by atoms with Crippen LogP contribution < -0.4 is 24.5 Å². The number of allylic oxidation sites excluding steroid dienone is 1. The molecule has 224 valence electrons. The van der Waals surface area contributed by atoms with Crippen LogP contribution in [0.1, 0.15) is 63.8 Å². The van der Waals surface area contributed by atoms with Crippen molar-refractivity contribution < 1.29 is 13.9 Å². The molecule has 9 heteroatoms. The third-order valence-electron chi connectivity index (χ3n) is 8.53. The minimum absolute atomic E-state index is 0.131. The largest absolute Gasteiger partial charge is 0.496 e. The number of amides is 1. The van der Waals surface area contributed by atoms with Crippen LogP contribution in [0.2, 0.25) is 0 Å². The van der Waals surface area contributed by atoms with Crippen LogP contribution in [-0.2, 0) is 4.79 Å². The molecular formula is C34H38N4O4S. The van der Waals surface area contributed by atoms with Gasteiger partial charge in [-0.1, -0.05) is 54.5 Å². The van der Waals surface area contributed by atoms with Crippen molar-refractivity contribution in [1.82, 2.24) is 9.47 Å². The Morgan fingerprint density at radius 1 is 1.07 bits per heavy atom. The van der Waals surface area contributed by atoms with Gasteiger partial charge >= 0.3 is 0 Å². The Morgan fingerprint density at radius 2 is 1.81 bits per heavy atom. The summed E-state index contributed by atoms with van der Waals surface area (Å²) in [6.07, 6.45) is 6.59. The minimum atomic E-state index is -0.711. The number of hydrogen-bond donors (Lipinski definition) is 0. The summed E-state index contributed by atoms with van der Waals surface area (Å²) in [5.74, 6) is 1.95. The van der Waals surface area contributed by atoms with Crippen LogP contribution in [0.4, 0.5) is 5.88 Å². The van der Waals surface area contributed by atoms with Crippen LogP contribution in [0.15, 0.2) is 74.0 Å². The molecule has 4 heterocycles. The van der Waals surface area contributed by atoms with Gasteiger partial charge in [0.15, 0.2) is 10.7 Å². The third-order valence-corrected chi connectivity index (χ3v) is 9.51. The quantitative estimate of drug-likeness (QED) is 0.291. The van der Waals surface area contributed by atoms with Crippen molar-refractivity contribution in [1.29, 1.82) is 0 Å². The van der Waals surface area contributed by atoms with Crippen LogP contribution in [-0.4, -0.2) is 48.7 Å². The number of anilines is 1. The van der Waals surface area contributed by atoms with Crippen LogP contribution in [0, 0.1) is 0 Å². The molecule has 1 fully saturated rings. The van der Waals surface area contributed by atoms with E-state index < -0.39 is 6.04 Å². The Bertz CT molecular complexity index is 1870. The molecule has 2 aromatic carbocycles. The number of rotatable bonds is 7. The zero-order chi connectivity index (χ0) is 30.1. The monoisotopic (exact) mass is 598 g/mol. The lowest BCUT2D eigenvalue weighted by Gasteiger charge is -2.30. The molecule has 6 rings (SSSR count). The van der Waals surface area contributed by atoms with Crippen molar-refractivity contribution in [2.45, 2.75) is 52.5 Å². The fourth-order valence-electron chi connectivity index (χ4n) is 6.29. The molecule has 0 unspecified atom stereocenters. The zero-order valence-corrected chi connectivity index (χ0v) is 26.1. The summed E-state index contributed by atoms with van der Waals surface area (Å²) >= 11 is 1.31. The highest BCUT2D eigenvalue weighted by Gasteiger charge is 2.36. The first kappa shape index (κ1) is 29.0. The highest BCUT2D eigenvalue weighted by molar-refractivity contribution is 7.07. The van der Waals surface area contributed by atoms with E-state index in [1.807, 2.05) is 69.3 Å². The van der Waals surface area contributed by atoms with Gasteiger partial charge in [0.05, 0.1) is 22.9 Å². The molecule has 8 nitrogen and oxygen atoms in total. The number of thiazole rings is 1. The fourth-order valence-corrected chi connectivity index (χ4v) is 7.32. The Labute approximate surface area is 255 Å². The van der Waals surface area contributed by atoms with Gasteiger partial charge in [-0.3, -0.25) is 14.2 Å². The molecule has 0 saturated carbocycles. The summed E-state index contributed by atoms with van der Waals surface area (Å²) < 4.78 is 14.3. The maximum absolute atomic E-state index is 14.3. The van der Waals surface area contributed by atoms with E-state index in [1.54, 1.807) is 22.7 Å². The highest BCUT2D eigenvalue weighted by Crippen LogP contribution is 2.40. The van der Waals surface area contributed by atoms with E-state index in [2.05, 4.69) is 4.90 Å². The number of carbonyl (C=O) groups excluding carboxylic acids is 1. The van der Waals surface area contributed by atoms with Gasteiger partial charge in [-0.05, 0) is 56.5 Å². The normalized spacial score (nSPS) is 17.5. The highest BCUT2D eigenvalue weighted by atomic mass is 32.1. The number of carbonyl (C=O) groups is 1. The molecule has 1 amide bonds. The maximum Gasteiger partial charge on any atom is 0.271 e. The molecule has 43 heavy (non-hydrogen) atoms. The molecule has 0 radical (unpaired) electrons. The van der Waals surface area contributed by atoms with Crippen molar-refractivity contribution in [2.24, 2.45) is 4.99 Å². The van der Waals surface area contributed by atoms with E-state index in [-0.39, 0.29) is 11.5 Å². The Morgan fingerprint density at radius 3 is 2.53 bits per heavy atom. The van der Waals surface area contributed by atoms with Gasteiger partial charge in [-0.15, -0.1) is 0 Å². The van der Waals surface area contributed by atoms with Crippen LogP contribution in [0.25, 0.3) is 16.8 Å². The SMILES string of the molecule is CCN(CC)C(=O)C1=C(C)N=c2s/c(=C/c3ccc(N4CCCCCC4)o3)c(=O)n2[C@@H]1c1c(OC)ccc2ccccc12. The van der Waals surface area contributed by atoms with Crippen LogP contribution in [0.3, 0.4) is 0 Å². The van der Waals surface area contributed by atoms with E-state index in [9.17, 15) is 9.59 Å². The van der Waals surface area contributed by atoms with E-state index in [0.717, 1.165) is 48.2 Å². The number of furan rings is 1. The molecule has 0 spiro atoms. The second-order valence-electron chi connectivity index (χ2n) is 11.0. The third kappa shape index (κ3) is 5.31. The van der Waals surface area contributed by atoms with Crippen molar-refractivity contribution in [3.63, 3.8) is 0 Å². The first-order valence-electron chi connectivity index (χ1n) is 15.2. The van der Waals surface area contributed by atoms with Crippen LogP contribution >= 0.6 is 11.3 Å². The number of fused-ring (bicyclic) bond motifs is 2. The van der Waals surface area contributed by atoms with E-state index in [0.29, 0.717) is 45.2 Å². The molecule has 2 aromatic heterocycles. The van der Waals surface area contributed by atoms with Gasteiger partial charge in [0.2, 0.25) is 0 Å². The van der Waals surface area contributed by atoms with Gasteiger partial charge in [0.1, 0.15) is 17.6 Å². The number of hydrogen-bond acceptors (Lipinski definition) is 7. The van der Waals surface area contributed by atoms with E-state index in [4.69, 9.17) is 14.1 Å². The molecular weight excluding hydrogens is 560 g/mol. The molecule has 1 atom stereocenters.